The molecule has 174 valence electrons. The molecule has 0 unspecified atom stereocenters. The first-order valence-corrected chi connectivity index (χ1v) is 11.4. The van der Waals surface area contributed by atoms with E-state index >= 15 is 0 Å². The molecule has 0 radical (unpaired) electrons. The quantitative estimate of drug-likeness (QED) is 0.473. The van der Waals surface area contributed by atoms with E-state index in [2.05, 4.69) is 11.0 Å². The molecule has 0 saturated carbocycles. The van der Waals surface area contributed by atoms with Crippen molar-refractivity contribution in [2.45, 2.75) is 20.3 Å². The SMILES string of the molecule is Cc1ccc2c(c1)Oc1ccc(C)cc1C(N1CCCN(C(=O)c3cc(F)cc(F)c3)CC1)=N2. The number of hydrogen-bond donors (Lipinski definition) is 0. The molecule has 2 aliphatic rings. The first-order chi connectivity index (χ1) is 16.4. The molecule has 0 aliphatic carbocycles. The topological polar surface area (TPSA) is 45.1 Å². The van der Waals surface area contributed by atoms with E-state index in [0.717, 1.165) is 52.2 Å². The van der Waals surface area contributed by atoms with Gasteiger partial charge in [-0.05, 0) is 62.2 Å². The highest BCUT2D eigenvalue weighted by molar-refractivity contribution is 6.04. The number of nitrogens with zero attached hydrogens (tertiary/aromatic N) is 3. The maximum Gasteiger partial charge on any atom is 0.254 e. The van der Waals surface area contributed by atoms with Crippen LogP contribution in [0.1, 0.15) is 33.5 Å². The van der Waals surface area contributed by atoms with E-state index in [1.165, 1.54) is 0 Å². The lowest BCUT2D eigenvalue weighted by Gasteiger charge is -2.25. The third-order valence-electron chi connectivity index (χ3n) is 6.13. The summed E-state index contributed by atoms with van der Waals surface area (Å²) in [5.74, 6) is 0.360. The van der Waals surface area contributed by atoms with Crippen LogP contribution in [-0.4, -0.2) is 47.7 Å². The number of rotatable bonds is 1. The largest absolute Gasteiger partial charge is 0.454 e. The summed E-state index contributed by atoms with van der Waals surface area (Å²) >= 11 is 0. The Morgan fingerprint density at radius 3 is 2.38 bits per heavy atom. The summed E-state index contributed by atoms with van der Waals surface area (Å²) in [6.45, 7) is 6.18. The van der Waals surface area contributed by atoms with Gasteiger partial charge < -0.3 is 14.5 Å². The summed E-state index contributed by atoms with van der Waals surface area (Å²) < 4.78 is 33.6. The zero-order chi connectivity index (χ0) is 23.8. The van der Waals surface area contributed by atoms with Crippen LogP contribution in [0, 0.1) is 25.5 Å². The molecule has 0 atom stereocenters. The fourth-order valence-corrected chi connectivity index (χ4v) is 4.43. The Labute approximate surface area is 197 Å². The van der Waals surface area contributed by atoms with Crippen LogP contribution in [0.25, 0.3) is 0 Å². The minimum Gasteiger partial charge on any atom is -0.454 e. The van der Waals surface area contributed by atoms with E-state index in [-0.39, 0.29) is 11.5 Å². The summed E-state index contributed by atoms with van der Waals surface area (Å²) in [6.07, 6.45) is 0.700. The molecule has 7 heteroatoms. The van der Waals surface area contributed by atoms with Gasteiger partial charge in [0.25, 0.3) is 5.91 Å². The predicted molar refractivity (Wildman–Crippen MR) is 127 cm³/mol. The Balaban J connectivity index is 1.45. The Morgan fingerprint density at radius 1 is 0.853 bits per heavy atom. The fourth-order valence-electron chi connectivity index (χ4n) is 4.43. The smallest absolute Gasteiger partial charge is 0.254 e. The molecule has 0 spiro atoms. The van der Waals surface area contributed by atoms with Gasteiger partial charge in [-0.2, -0.15) is 0 Å². The zero-order valence-electron chi connectivity index (χ0n) is 19.1. The van der Waals surface area contributed by atoms with Crippen molar-refractivity contribution in [3.63, 3.8) is 0 Å². The maximum absolute atomic E-state index is 13.7. The lowest BCUT2D eigenvalue weighted by molar-refractivity contribution is 0.0763. The van der Waals surface area contributed by atoms with Crippen molar-refractivity contribution in [3.8, 4) is 11.5 Å². The van der Waals surface area contributed by atoms with Crippen LogP contribution in [0.2, 0.25) is 0 Å². The Hall–Kier alpha value is -3.74. The molecule has 0 aromatic heterocycles. The predicted octanol–water partition coefficient (Wildman–Crippen LogP) is 5.61. The van der Waals surface area contributed by atoms with Crippen LogP contribution in [0.4, 0.5) is 14.5 Å². The Kier molecular flexibility index (Phi) is 5.77. The number of aryl methyl sites for hydroxylation is 2. The maximum atomic E-state index is 13.7. The molecule has 3 aromatic rings. The Bertz CT molecular complexity index is 1280. The van der Waals surface area contributed by atoms with Gasteiger partial charge in [-0.3, -0.25) is 4.79 Å². The first-order valence-electron chi connectivity index (χ1n) is 11.4. The van der Waals surface area contributed by atoms with Crippen molar-refractivity contribution in [2.75, 3.05) is 26.2 Å². The number of halogens is 2. The summed E-state index contributed by atoms with van der Waals surface area (Å²) in [4.78, 5) is 21.8. The number of aliphatic imine (C=N–C) groups is 1. The molecule has 1 saturated heterocycles. The molecule has 34 heavy (non-hydrogen) atoms. The van der Waals surface area contributed by atoms with Gasteiger partial charge in [0.1, 0.15) is 28.9 Å². The molecule has 0 N–H and O–H groups in total. The lowest BCUT2D eigenvalue weighted by Crippen LogP contribution is -2.37. The van der Waals surface area contributed by atoms with Crippen molar-refractivity contribution in [2.24, 2.45) is 4.99 Å². The monoisotopic (exact) mass is 461 g/mol. The van der Waals surface area contributed by atoms with Gasteiger partial charge in [-0.1, -0.05) is 17.7 Å². The van der Waals surface area contributed by atoms with Crippen molar-refractivity contribution >= 4 is 17.4 Å². The van der Waals surface area contributed by atoms with E-state index in [1.54, 1.807) is 4.90 Å². The van der Waals surface area contributed by atoms with Gasteiger partial charge in [-0.15, -0.1) is 0 Å². The van der Waals surface area contributed by atoms with Gasteiger partial charge in [-0.25, -0.2) is 13.8 Å². The molecular formula is C27H25F2N3O2. The number of carbonyl (C=O) groups excluding carboxylic acids is 1. The summed E-state index contributed by atoms with van der Waals surface area (Å²) in [6, 6.07) is 14.9. The van der Waals surface area contributed by atoms with Gasteiger partial charge in [0.05, 0.1) is 5.56 Å². The van der Waals surface area contributed by atoms with E-state index in [0.29, 0.717) is 38.3 Å². The normalized spacial score (nSPS) is 15.5. The van der Waals surface area contributed by atoms with Crippen LogP contribution in [0.5, 0.6) is 11.5 Å². The average Bonchev–Trinajstić information content (AvgIpc) is 3.12. The van der Waals surface area contributed by atoms with Crippen molar-refractivity contribution in [3.05, 3.63) is 88.5 Å². The van der Waals surface area contributed by atoms with Crippen LogP contribution >= 0.6 is 0 Å². The summed E-state index contributed by atoms with van der Waals surface area (Å²) in [7, 11) is 0. The molecule has 2 heterocycles. The number of hydrogen-bond acceptors (Lipinski definition) is 4. The number of fused-ring (bicyclic) bond motifs is 2. The minimum atomic E-state index is -0.756. The number of amides is 1. The number of benzene rings is 3. The highest BCUT2D eigenvalue weighted by Gasteiger charge is 2.27. The first kappa shape index (κ1) is 22.1. The molecule has 1 amide bonds. The van der Waals surface area contributed by atoms with Crippen LogP contribution in [-0.2, 0) is 0 Å². The zero-order valence-corrected chi connectivity index (χ0v) is 19.1. The number of amidine groups is 1. The van der Waals surface area contributed by atoms with Gasteiger partial charge in [0.15, 0.2) is 5.75 Å². The summed E-state index contributed by atoms with van der Waals surface area (Å²) in [5.41, 5.74) is 3.86. The van der Waals surface area contributed by atoms with Crippen LogP contribution in [0.3, 0.4) is 0 Å². The molecule has 0 bridgehead atoms. The van der Waals surface area contributed by atoms with Crippen molar-refractivity contribution in [1.29, 1.82) is 0 Å². The van der Waals surface area contributed by atoms with Crippen molar-refractivity contribution < 1.29 is 18.3 Å². The van der Waals surface area contributed by atoms with Gasteiger partial charge in [0.2, 0.25) is 0 Å². The second kappa shape index (κ2) is 8.89. The molecule has 3 aromatic carbocycles. The minimum absolute atomic E-state index is 0.0245. The van der Waals surface area contributed by atoms with Gasteiger partial charge >= 0.3 is 0 Å². The molecule has 2 aliphatic heterocycles. The third-order valence-corrected chi connectivity index (χ3v) is 6.13. The Morgan fingerprint density at radius 2 is 1.59 bits per heavy atom. The lowest BCUT2D eigenvalue weighted by atomic mass is 10.1. The van der Waals surface area contributed by atoms with E-state index in [9.17, 15) is 13.6 Å². The highest BCUT2D eigenvalue weighted by atomic mass is 19.1. The van der Waals surface area contributed by atoms with Crippen LogP contribution in [0.15, 0.2) is 59.6 Å². The molecule has 1 fully saturated rings. The number of ether oxygens (including phenoxy) is 1. The van der Waals surface area contributed by atoms with E-state index in [1.807, 2.05) is 44.2 Å². The fraction of sp³-hybridized carbons (Fsp3) is 0.259. The second-order valence-electron chi connectivity index (χ2n) is 8.80. The average molecular weight is 462 g/mol. The standard InChI is InChI=1S/C27H25F2N3O2/c1-17-5-7-24-22(12-17)26(30-23-6-4-18(2)13-25(23)34-24)31-8-3-9-32(11-10-31)27(33)19-14-20(28)16-21(29)15-19/h4-7,12-16H,3,8-11H2,1-2H3. The second-order valence-corrected chi connectivity index (χ2v) is 8.80. The summed E-state index contributed by atoms with van der Waals surface area (Å²) in [5, 5.41) is 0. The van der Waals surface area contributed by atoms with Crippen molar-refractivity contribution in [1.82, 2.24) is 9.80 Å². The van der Waals surface area contributed by atoms with Gasteiger partial charge in [0, 0.05) is 37.8 Å². The van der Waals surface area contributed by atoms with E-state index in [4.69, 9.17) is 9.73 Å². The van der Waals surface area contributed by atoms with Crippen LogP contribution < -0.4 is 4.74 Å². The highest BCUT2D eigenvalue weighted by Crippen LogP contribution is 2.39. The molecule has 5 nitrogen and oxygen atoms in total. The number of carbonyl (C=O) groups is 1. The third kappa shape index (κ3) is 4.38. The van der Waals surface area contributed by atoms with E-state index < -0.39 is 11.6 Å². The molecular weight excluding hydrogens is 436 g/mol. The molecule has 5 rings (SSSR count).